The lowest BCUT2D eigenvalue weighted by atomic mass is 10.2. The first-order valence-corrected chi connectivity index (χ1v) is 7.29. The number of ether oxygens (including phenoxy) is 1. The molecule has 0 fully saturated rings. The van der Waals surface area contributed by atoms with Crippen LogP contribution in [0.25, 0.3) is 0 Å². The van der Waals surface area contributed by atoms with Crippen molar-refractivity contribution < 1.29 is 14.3 Å². The van der Waals surface area contributed by atoms with Crippen LogP contribution in [0.4, 0.5) is 4.79 Å². The highest BCUT2D eigenvalue weighted by Gasteiger charge is 2.09. The maximum absolute atomic E-state index is 11.5. The number of unbranched alkanes of at least 4 members (excludes halogenated alkanes) is 1. The fourth-order valence-electron chi connectivity index (χ4n) is 1.45. The van der Waals surface area contributed by atoms with E-state index in [1.807, 2.05) is 26.0 Å². The molecule has 20 heavy (non-hydrogen) atoms. The fourth-order valence-corrected chi connectivity index (χ4v) is 2.06. The van der Waals surface area contributed by atoms with Crippen LogP contribution in [-0.2, 0) is 4.79 Å². The van der Waals surface area contributed by atoms with Gasteiger partial charge in [0.15, 0.2) is 6.61 Å². The first-order chi connectivity index (χ1) is 9.52. The Morgan fingerprint density at radius 1 is 1.35 bits per heavy atom. The summed E-state index contributed by atoms with van der Waals surface area (Å²) in [6.45, 7) is 4.34. The van der Waals surface area contributed by atoms with E-state index >= 15 is 0 Å². The van der Waals surface area contributed by atoms with Crippen LogP contribution in [0, 0.1) is 6.92 Å². The summed E-state index contributed by atoms with van der Waals surface area (Å²) in [6.07, 6.45) is 1.87. The summed E-state index contributed by atoms with van der Waals surface area (Å²) in [5.74, 6) is 0.0867. The molecule has 110 valence electrons. The van der Waals surface area contributed by atoms with E-state index in [0.29, 0.717) is 12.3 Å². The first kappa shape index (κ1) is 16.5. The van der Waals surface area contributed by atoms with E-state index < -0.39 is 11.9 Å². The third-order valence-corrected chi connectivity index (χ3v) is 3.13. The summed E-state index contributed by atoms with van der Waals surface area (Å²) in [6, 6.07) is 5.06. The molecule has 0 aliphatic carbocycles. The smallest absolute Gasteiger partial charge is 0.321 e. The Bertz CT molecular complexity index is 477. The van der Waals surface area contributed by atoms with Crippen LogP contribution < -0.4 is 15.4 Å². The van der Waals surface area contributed by atoms with Crippen LogP contribution in [0.15, 0.2) is 22.7 Å². The number of amides is 3. The normalized spacial score (nSPS) is 9.95. The van der Waals surface area contributed by atoms with Crippen LogP contribution in [0.1, 0.15) is 25.3 Å². The van der Waals surface area contributed by atoms with E-state index in [9.17, 15) is 9.59 Å². The summed E-state index contributed by atoms with van der Waals surface area (Å²) in [5.41, 5.74) is 1.09. The predicted octanol–water partition coefficient (Wildman–Crippen LogP) is 2.76. The van der Waals surface area contributed by atoms with E-state index in [0.717, 1.165) is 22.9 Å². The van der Waals surface area contributed by atoms with E-state index in [1.54, 1.807) is 6.07 Å². The predicted molar refractivity (Wildman–Crippen MR) is 80.8 cm³/mol. The van der Waals surface area contributed by atoms with Crippen LogP contribution in [0.2, 0.25) is 0 Å². The number of halogens is 1. The number of benzene rings is 1. The zero-order chi connectivity index (χ0) is 15.0. The Labute approximate surface area is 127 Å². The van der Waals surface area contributed by atoms with Crippen LogP contribution >= 0.6 is 15.9 Å². The molecule has 3 amide bonds. The minimum absolute atomic E-state index is 0.205. The molecule has 0 aliphatic heterocycles. The van der Waals surface area contributed by atoms with Gasteiger partial charge in [0, 0.05) is 6.54 Å². The van der Waals surface area contributed by atoms with Gasteiger partial charge in [-0.25, -0.2) is 4.79 Å². The van der Waals surface area contributed by atoms with Gasteiger partial charge in [-0.05, 0) is 47.0 Å². The van der Waals surface area contributed by atoms with Gasteiger partial charge in [0.1, 0.15) is 5.75 Å². The molecular weight excluding hydrogens is 324 g/mol. The van der Waals surface area contributed by atoms with Gasteiger partial charge in [0.25, 0.3) is 5.91 Å². The quantitative estimate of drug-likeness (QED) is 0.781. The molecule has 5 nitrogen and oxygen atoms in total. The molecular formula is C14H19BrN2O3. The van der Waals surface area contributed by atoms with Crippen molar-refractivity contribution in [3.05, 3.63) is 28.2 Å². The number of hydrogen-bond donors (Lipinski definition) is 2. The van der Waals surface area contributed by atoms with E-state index in [-0.39, 0.29) is 6.61 Å². The van der Waals surface area contributed by atoms with E-state index in [2.05, 4.69) is 26.6 Å². The summed E-state index contributed by atoms with van der Waals surface area (Å²) < 4.78 is 6.12. The van der Waals surface area contributed by atoms with Crippen LogP contribution in [0.3, 0.4) is 0 Å². The lowest BCUT2D eigenvalue weighted by Crippen LogP contribution is -2.41. The number of imide groups is 1. The molecule has 1 rings (SSSR count). The van der Waals surface area contributed by atoms with Crippen molar-refractivity contribution in [1.82, 2.24) is 10.6 Å². The molecule has 0 aliphatic rings. The molecule has 0 atom stereocenters. The molecule has 0 aromatic heterocycles. The third-order valence-electron chi connectivity index (χ3n) is 2.51. The highest BCUT2D eigenvalue weighted by Crippen LogP contribution is 2.25. The van der Waals surface area contributed by atoms with Gasteiger partial charge in [-0.15, -0.1) is 0 Å². The molecule has 0 saturated heterocycles. The van der Waals surface area contributed by atoms with Crippen molar-refractivity contribution in [3.63, 3.8) is 0 Å². The van der Waals surface area contributed by atoms with Crippen molar-refractivity contribution in [2.45, 2.75) is 26.7 Å². The van der Waals surface area contributed by atoms with Gasteiger partial charge in [-0.2, -0.15) is 0 Å². The maximum Gasteiger partial charge on any atom is 0.321 e. The Hall–Kier alpha value is -1.56. The van der Waals surface area contributed by atoms with Crippen LogP contribution in [0.5, 0.6) is 5.75 Å². The molecule has 1 aromatic rings. The number of carbonyl (C=O) groups is 2. The largest absolute Gasteiger partial charge is 0.483 e. The van der Waals surface area contributed by atoms with Crippen molar-refractivity contribution in [2.24, 2.45) is 0 Å². The topological polar surface area (TPSA) is 67.4 Å². The number of nitrogens with one attached hydrogen (secondary N) is 2. The zero-order valence-corrected chi connectivity index (χ0v) is 13.2. The standard InChI is InChI=1S/C14H19BrN2O3/c1-3-4-7-16-14(19)17-13(18)9-20-12-6-5-10(2)8-11(12)15/h5-6,8H,3-4,7,9H2,1-2H3,(H2,16,17,18,19). The highest BCUT2D eigenvalue weighted by molar-refractivity contribution is 9.10. The monoisotopic (exact) mass is 342 g/mol. The Morgan fingerprint density at radius 3 is 2.75 bits per heavy atom. The Morgan fingerprint density at radius 2 is 2.10 bits per heavy atom. The Kier molecular flexibility index (Phi) is 7.08. The first-order valence-electron chi connectivity index (χ1n) is 6.49. The number of urea groups is 1. The van der Waals surface area contributed by atoms with Crippen molar-refractivity contribution in [3.8, 4) is 5.75 Å². The van der Waals surface area contributed by atoms with E-state index in [1.165, 1.54) is 0 Å². The van der Waals surface area contributed by atoms with Crippen molar-refractivity contribution >= 4 is 27.9 Å². The molecule has 0 heterocycles. The summed E-state index contributed by atoms with van der Waals surface area (Å²) >= 11 is 3.35. The van der Waals surface area contributed by atoms with Gasteiger partial charge >= 0.3 is 6.03 Å². The number of rotatable bonds is 6. The Balaban J connectivity index is 2.34. The summed E-state index contributed by atoms with van der Waals surface area (Å²) in [5, 5.41) is 4.81. The summed E-state index contributed by atoms with van der Waals surface area (Å²) in [4.78, 5) is 22.9. The second-order valence-electron chi connectivity index (χ2n) is 4.38. The lowest BCUT2D eigenvalue weighted by molar-refractivity contribution is -0.122. The molecule has 0 bridgehead atoms. The fraction of sp³-hybridized carbons (Fsp3) is 0.429. The highest BCUT2D eigenvalue weighted by atomic mass is 79.9. The van der Waals surface area contributed by atoms with Gasteiger partial charge < -0.3 is 10.1 Å². The third kappa shape index (κ3) is 6.06. The average Bonchev–Trinajstić information content (AvgIpc) is 2.38. The second kappa shape index (κ2) is 8.58. The average molecular weight is 343 g/mol. The van der Waals surface area contributed by atoms with Gasteiger partial charge in [-0.1, -0.05) is 19.4 Å². The van der Waals surface area contributed by atoms with Gasteiger partial charge in [0.2, 0.25) is 0 Å². The molecule has 1 aromatic carbocycles. The number of hydrogen-bond acceptors (Lipinski definition) is 3. The summed E-state index contributed by atoms with van der Waals surface area (Å²) in [7, 11) is 0. The molecule has 6 heteroatoms. The zero-order valence-electron chi connectivity index (χ0n) is 11.7. The number of aryl methyl sites for hydroxylation is 1. The second-order valence-corrected chi connectivity index (χ2v) is 5.23. The van der Waals surface area contributed by atoms with Crippen molar-refractivity contribution in [2.75, 3.05) is 13.2 Å². The van der Waals surface area contributed by atoms with E-state index in [4.69, 9.17) is 4.74 Å². The minimum Gasteiger partial charge on any atom is -0.483 e. The maximum atomic E-state index is 11.5. The number of carbonyl (C=O) groups excluding carboxylic acids is 2. The molecule has 2 N–H and O–H groups in total. The molecule has 0 spiro atoms. The minimum atomic E-state index is -0.491. The van der Waals surface area contributed by atoms with Gasteiger partial charge in [-0.3, -0.25) is 10.1 Å². The molecule has 0 saturated carbocycles. The van der Waals surface area contributed by atoms with Crippen LogP contribution in [-0.4, -0.2) is 25.1 Å². The lowest BCUT2D eigenvalue weighted by Gasteiger charge is -2.09. The SMILES string of the molecule is CCCCNC(=O)NC(=O)COc1ccc(C)cc1Br. The van der Waals surface area contributed by atoms with Crippen molar-refractivity contribution in [1.29, 1.82) is 0 Å². The molecule has 0 radical (unpaired) electrons. The molecule has 0 unspecified atom stereocenters. The van der Waals surface area contributed by atoms with Gasteiger partial charge in [0.05, 0.1) is 4.47 Å².